The minimum atomic E-state index is -0.651. The van der Waals surface area contributed by atoms with Gasteiger partial charge in [0.05, 0.1) is 39.1 Å². The first-order valence-corrected chi connectivity index (χ1v) is 13.2. The lowest BCUT2D eigenvalue weighted by Gasteiger charge is -2.36. The Labute approximate surface area is 234 Å². The Morgan fingerprint density at radius 2 is 1.60 bits per heavy atom. The summed E-state index contributed by atoms with van der Waals surface area (Å²) in [6, 6.07) is 12.5. The van der Waals surface area contributed by atoms with Crippen LogP contribution in [-0.4, -0.2) is 58.9 Å². The molecule has 0 saturated carbocycles. The summed E-state index contributed by atoms with van der Waals surface area (Å²) in [7, 11) is 4.48. The van der Waals surface area contributed by atoms with Crippen LogP contribution in [0.2, 0.25) is 0 Å². The Balaban J connectivity index is 1.72. The molecule has 0 fully saturated rings. The molecule has 1 aliphatic heterocycles. The van der Waals surface area contributed by atoms with Gasteiger partial charge < -0.3 is 29.0 Å². The van der Waals surface area contributed by atoms with Crippen LogP contribution in [0.4, 0.5) is 0 Å². The molecule has 2 aromatic carbocycles. The fraction of sp³-hybridized carbons (Fsp3) is 0.387. The number of hydrogen-bond donors (Lipinski definition) is 1. The number of nitrogens with one attached hydrogen (secondary N) is 1. The molecule has 0 radical (unpaired) electrons. The summed E-state index contributed by atoms with van der Waals surface area (Å²) < 4.78 is 26.5. The van der Waals surface area contributed by atoms with Crippen LogP contribution in [0.15, 0.2) is 65.0 Å². The van der Waals surface area contributed by atoms with Crippen molar-refractivity contribution >= 4 is 17.7 Å². The van der Waals surface area contributed by atoms with Crippen LogP contribution in [0.3, 0.4) is 0 Å². The number of carbonyl (C=O) groups excluding carboxylic acids is 3. The van der Waals surface area contributed by atoms with Gasteiger partial charge in [0.25, 0.3) is 0 Å². The molecule has 2 atom stereocenters. The molecule has 1 aliphatic carbocycles. The lowest BCUT2D eigenvalue weighted by atomic mass is 9.71. The molecule has 0 bridgehead atoms. The molecule has 0 saturated heterocycles. The molecule has 1 heterocycles. The van der Waals surface area contributed by atoms with Crippen molar-refractivity contribution in [1.29, 1.82) is 0 Å². The first kappa shape index (κ1) is 28.9. The van der Waals surface area contributed by atoms with Crippen LogP contribution in [0.25, 0.3) is 0 Å². The normalized spacial score (nSPS) is 18.6. The van der Waals surface area contributed by atoms with E-state index in [-0.39, 0.29) is 31.3 Å². The van der Waals surface area contributed by atoms with Crippen molar-refractivity contribution in [3.05, 3.63) is 81.7 Å². The Hall–Kier alpha value is -4.11. The van der Waals surface area contributed by atoms with Gasteiger partial charge in [0, 0.05) is 35.9 Å². The number of Topliss-reactive ketones (excluding diaryl/α,β-unsaturated/α-hetero) is 1. The first-order valence-electron chi connectivity index (χ1n) is 13.2. The molecule has 4 rings (SSSR count). The molecule has 0 aromatic heterocycles. The summed E-state index contributed by atoms with van der Waals surface area (Å²) in [5, 5.41) is 3.35. The second-order valence-electron chi connectivity index (χ2n) is 9.58. The monoisotopic (exact) mass is 549 g/mol. The molecule has 0 amide bonds. The minimum Gasteiger partial charge on any atom is -0.493 e. The summed E-state index contributed by atoms with van der Waals surface area (Å²) >= 11 is 0. The van der Waals surface area contributed by atoms with Crippen LogP contribution in [0.1, 0.15) is 60.0 Å². The second-order valence-corrected chi connectivity index (χ2v) is 9.58. The Morgan fingerprint density at radius 3 is 2.25 bits per heavy atom. The average Bonchev–Trinajstić information content (AvgIpc) is 2.97. The van der Waals surface area contributed by atoms with Gasteiger partial charge in [0.2, 0.25) is 0 Å². The van der Waals surface area contributed by atoms with E-state index in [4.69, 9.17) is 23.7 Å². The summed E-state index contributed by atoms with van der Waals surface area (Å²) in [4.78, 5) is 39.2. The maximum absolute atomic E-state index is 13.8. The van der Waals surface area contributed by atoms with Crippen molar-refractivity contribution in [2.75, 3.05) is 41.2 Å². The van der Waals surface area contributed by atoms with Gasteiger partial charge in [-0.15, -0.1) is 0 Å². The summed E-state index contributed by atoms with van der Waals surface area (Å²) in [5.74, 6) is -0.581. The summed E-state index contributed by atoms with van der Waals surface area (Å²) in [6.45, 7) is 4.57. The number of carbonyl (C=O) groups is 3. The lowest BCUT2D eigenvalue weighted by molar-refractivity contribution is -0.140. The molecule has 40 heavy (non-hydrogen) atoms. The van der Waals surface area contributed by atoms with E-state index in [1.807, 2.05) is 32.0 Å². The number of allylic oxidation sites excluding steroid dienone is 3. The van der Waals surface area contributed by atoms with E-state index in [0.29, 0.717) is 52.5 Å². The van der Waals surface area contributed by atoms with Crippen LogP contribution in [-0.2, 0) is 23.8 Å². The molecule has 2 aromatic rings. The molecule has 9 heteroatoms. The third-order valence-corrected chi connectivity index (χ3v) is 7.26. The van der Waals surface area contributed by atoms with Crippen LogP contribution in [0.5, 0.6) is 11.5 Å². The van der Waals surface area contributed by atoms with Crippen molar-refractivity contribution in [3.63, 3.8) is 0 Å². The zero-order chi connectivity index (χ0) is 28.8. The first-order chi connectivity index (χ1) is 19.3. The highest BCUT2D eigenvalue weighted by Gasteiger charge is 2.41. The molecular formula is C31H35NO8. The number of ketones is 1. The standard InChI is InChI=1S/C31H35NO8/c1-6-39-13-14-40-31(35)27-18(2)32-23-15-22(21-11-12-25(36-3)26(17-21)37-4)16-24(33)29(23)28(27)19-7-9-20(10-8-19)30(34)38-5/h7-12,17,22,28,32H,6,13-16H2,1-5H3/t22-,28-/m1/s1. The summed E-state index contributed by atoms with van der Waals surface area (Å²) in [6.07, 6.45) is 0.829. The molecule has 212 valence electrons. The maximum atomic E-state index is 13.8. The van der Waals surface area contributed by atoms with E-state index in [1.54, 1.807) is 38.5 Å². The second kappa shape index (κ2) is 12.8. The SMILES string of the molecule is CCOCCOC(=O)C1=C(C)NC2=C(C(=O)C[C@H](c3ccc(OC)c(OC)c3)C2)[C@@H]1c1ccc(C(=O)OC)cc1. The van der Waals surface area contributed by atoms with Crippen molar-refractivity contribution in [2.45, 2.75) is 38.5 Å². The third kappa shape index (κ3) is 5.89. The largest absolute Gasteiger partial charge is 0.493 e. The van der Waals surface area contributed by atoms with Crippen molar-refractivity contribution in [2.24, 2.45) is 0 Å². The van der Waals surface area contributed by atoms with Gasteiger partial charge in [-0.05, 0) is 61.6 Å². The van der Waals surface area contributed by atoms with E-state index in [0.717, 1.165) is 11.3 Å². The van der Waals surface area contributed by atoms with Gasteiger partial charge in [0.15, 0.2) is 17.3 Å². The van der Waals surface area contributed by atoms with Gasteiger partial charge in [-0.1, -0.05) is 18.2 Å². The van der Waals surface area contributed by atoms with Gasteiger partial charge in [-0.3, -0.25) is 4.79 Å². The van der Waals surface area contributed by atoms with Gasteiger partial charge in [0.1, 0.15) is 6.61 Å². The van der Waals surface area contributed by atoms with Gasteiger partial charge in [-0.25, -0.2) is 9.59 Å². The molecule has 0 spiro atoms. The zero-order valence-corrected chi connectivity index (χ0v) is 23.5. The Kier molecular flexibility index (Phi) is 9.26. The number of dihydropyridines is 1. The van der Waals surface area contributed by atoms with E-state index in [1.165, 1.54) is 7.11 Å². The maximum Gasteiger partial charge on any atom is 0.337 e. The fourth-order valence-electron chi connectivity index (χ4n) is 5.33. The number of hydrogen-bond acceptors (Lipinski definition) is 9. The molecule has 0 unspecified atom stereocenters. The third-order valence-electron chi connectivity index (χ3n) is 7.26. The minimum absolute atomic E-state index is 0.0669. The Morgan fingerprint density at radius 1 is 0.900 bits per heavy atom. The molecular weight excluding hydrogens is 514 g/mol. The topological polar surface area (TPSA) is 109 Å². The van der Waals surface area contributed by atoms with E-state index >= 15 is 0 Å². The quantitative estimate of drug-likeness (QED) is 0.340. The number of benzene rings is 2. The average molecular weight is 550 g/mol. The van der Waals surface area contributed by atoms with Crippen LogP contribution >= 0.6 is 0 Å². The Bertz CT molecular complexity index is 1340. The zero-order valence-electron chi connectivity index (χ0n) is 23.5. The molecule has 9 nitrogen and oxygen atoms in total. The highest BCUT2D eigenvalue weighted by molar-refractivity contribution is 6.04. The molecule has 2 aliphatic rings. The van der Waals surface area contributed by atoms with Crippen molar-refractivity contribution < 1.29 is 38.1 Å². The number of rotatable bonds is 10. The smallest absolute Gasteiger partial charge is 0.337 e. The van der Waals surface area contributed by atoms with Gasteiger partial charge >= 0.3 is 11.9 Å². The van der Waals surface area contributed by atoms with E-state index < -0.39 is 17.9 Å². The lowest BCUT2D eigenvalue weighted by Crippen LogP contribution is -2.36. The van der Waals surface area contributed by atoms with Crippen molar-refractivity contribution in [3.8, 4) is 11.5 Å². The predicted molar refractivity (Wildman–Crippen MR) is 147 cm³/mol. The number of esters is 2. The highest BCUT2D eigenvalue weighted by atomic mass is 16.6. The number of ether oxygens (including phenoxy) is 5. The van der Waals surface area contributed by atoms with E-state index in [2.05, 4.69) is 5.32 Å². The van der Waals surface area contributed by atoms with Crippen LogP contribution in [0, 0.1) is 0 Å². The summed E-state index contributed by atoms with van der Waals surface area (Å²) in [5.41, 5.74) is 4.31. The van der Waals surface area contributed by atoms with E-state index in [9.17, 15) is 14.4 Å². The van der Waals surface area contributed by atoms with Crippen molar-refractivity contribution in [1.82, 2.24) is 5.32 Å². The van der Waals surface area contributed by atoms with Gasteiger partial charge in [-0.2, -0.15) is 0 Å². The fourth-order valence-corrected chi connectivity index (χ4v) is 5.33. The number of methoxy groups -OCH3 is 3. The highest BCUT2D eigenvalue weighted by Crippen LogP contribution is 2.46. The predicted octanol–water partition coefficient (Wildman–Crippen LogP) is 4.43. The van der Waals surface area contributed by atoms with Crippen LogP contribution < -0.4 is 14.8 Å². The molecule has 1 N–H and O–H groups in total.